The molecule has 0 unspecified atom stereocenters. The first-order chi connectivity index (χ1) is 14.9. The molecule has 0 aromatic heterocycles. The van der Waals surface area contributed by atoms with Crippen LogP contribution in [0.3, 0.4) is 0 Å². The molecule has 156 valence electrons. The third-order valence-electron chi connectivity index (χ3n) is 4.78. The van der Waals surface area contributed by atoms with Crippen molar-refractivity contribution in [1.82, 2.24) is 5.32 Å². The molecule has 0 heterocycles. The van der Waals surface area contributed by atoms with Crippen LogP contribution in [-0.2, 0) is 16.6 Å². The molecule has 4 rings (SSSR count). The number of fused-ring (bicyclic) bond motifs is 1. The van der Waals surface area contributed by atoms with Crippen LogP contribution in [-0.4, -0.2) is 14.3 Å². The summed E-state index contributed by atoms with van der Waals surface area (Å²) in [6.45, 7) is 0.316. The van der Waals surface area contributed by atoms with Crippen LogP contribution >= 0.6 is 11.6 Å². The number of hydrogen-bond acceptors (Lipinski definition) is 3. The van der Waals surface area contributed by atoms with E-state index in [4.69, 9.17) is 11.6 Å². The van der Waals surface area contributed by atoms with E-state index in [-0.39, 0.29) is 21.4 Å². The van der Waals surface area contributed by atoms with Crippen molar-refractivity contribution in [2.24, 2.45) is 0 Å². The van der Waals surface area contributed by atoms with Crippen molar-refractivity contribution in [2.45, 2.75) is 11.4 Å². The van der Waals surface area contributed by atoms with Gasteiger partial charge in [0.1, 0.15) is 4.90 Å². The van der Waals surface area contributed by atoms with Crippen LogP contribution in [0.25, 0.3) is 10.8 Å². The predicted molar refractivity (Wildman–Crippen MR) is 124 cm³/mol. The largest absolute Gasteiger partial charge is 0.348 e. The lowest BCUT2D eigenvalue weighted by Gasteiger charge is -2.11. The summed E-state index contributed by atoms with van der Waals surface area (Å²) >= 11 is 6.13. The molecule has 7 heteroatoms. The summed E-state index contributed by atoms with van der Waals surface area (Å²) in [6, 6.07) is 26.6. The summed E-state index contributed by atoms with van der Waals surface area (Å²) in [7, 11) is -3.95. The van der Waals surface area contributed by atoms with Gasteiger partial charge in [-0.1, -0.05) is 66.2 Å². The monoisotopic (exact) mass is 450 g/mol. The third-order valence-corrected chi connectivity index (χ3v) is 6.64. The minimum atomic E-state index is -3.95. The smallest absolute Gasteiger partial charge is 0.263 e. The summed E-state index contributed by atoms with van der Waals surface area (Å²) in [5, 5.41) is 5.07. The number of halogens is 1. The van der Waals surface area contributed by atoms with E-state index in [9.17, 15) is 13.2 Å². The van der Waals surface area contributed by atoms with E-state index in [2.05, 4.69) is 10.0 Å². The maximum Gasteiger partial charge on any atom is 0.263 e. The fourth-order valence-electron chi connectivity index (χ4n) is 3.20. The maximum absolute atomic E-state index is 12.8. The lowest BCUT2D eigenvalue weighted by molar-refractivity contribution is 0.0950. The number of rotatable bonds is 6. The van der Waals surface area contributed by atoms with Gasteiger partial charge in [0.05, 0.1) is 5.02 Å². The van der Waals surface area contributed by atoms with Gasteiger partial charge in [-0.25, -0.2) is 8.42 Å². The molecule has 0 atom stereocenters. The Morgan fingerprint density at radius 2 is 1.52 bits per heavy atom. The highest BCUT2D eigenvalue weighted by atomic mass is 35.5. The zero-order valence-corrected chi connectivity index (χ0v) is 18.0. The van der Waals surface area contributed by atoms with Crippen molar-refractivity contribution >= 4 is 44.0 Å². The highest BCUT2D eigenvalue weighted by Crippen LogP contribution is 2.25. The molecule has 0 aliphatic heterocycles. The molecule has 0 spiro atoms. The molecule has 0 saturated heterocycles. The minimum absolute atomic E-state index is 0.0366. The fourth-order valence-corrected chi connectivity index (χ4v) is 4.79. The molecule has 5 nitrogen and oxygen atoms in total. The van der Waals surface area contributed by atoms with Gasteiger partial charge >= 0.3 is 0 Å². The normalized spacial score (nSPS) is 11.3. The second-order valence-electron chi connectivity index (χ2n) is 6.98. The summed E-state index contributed by atoms with van der Waals surface area (Å²) < 4.78 is 28.0. The van der Waals surface area contributed by atoms with Gasteiger partial charge < -0.3 is 5.32 Å². The van der Waals surface area contributed by atoms with Crippen LogP contribution < -0.4 is 10.0 Å². The molecular weight excluding hydrogens is 432 g/mol. The summed E-state index contributed by atoms with van der Waals surface area (Å²) in [5.74, 6) is -0.388. The third kappa shape index (κ3) is 4.87. The van der Waals surface area contributed by atoms with Crippen molar-refractivity contribution < 1.29 is 13.2 Å². The molecule has 0 bridgehead atoms. The molecule has 0 fully saturated rings. The first kappa shape index (κ1) is 20.9. The lowest BCUT2D eigenvalue weighted by Crippen LogP contribution is -2.23. The van der Waals surface area contributed by atoms with E-state index in [0.29, 0.717) is 12.2 Å². The Morgan fingerprint density at radius 3 is 2.29 bits per heavy atom. The number of carbonyl (C=O) groups excluding carboxylic acids is 1. The van der Waals surface area contributed by atoms with E-state index < -0.39 is 10.0 Å². The lowest BCUT2D eigenvalue weighted by atomic mass is 10.1. The Hall–Kier alpha value is -3.35. The Labute approximate surface area is 185 Å². The van der Waals surface area contributed by atoms with Gasteiger partial charge in [-0.2, -0.15) is 0 Å². The highest BCUT2D eigenvalue weighted by Gasteiger charge is 2.20. The number of amides is 1. The molecule has 0 saturated carbocycles. The van der Waals surface area contributed by atoms with Crippen molar-refractivity contribution in [1.29, 1.82) is 0 Å². The van der Waals surface area contributed by atoms with Crippen molar-refractivity contribution in [3.8, 4) is 0 Å². The first-order valence-electron chi connectivity index (χ1n) is 9.56. The summed E-state index contributed by atoms with van der Waals surface area (Å²) in [4.78, 5) is 12.5. The van der Waals surface area contributed by atoms with E-state index in [0.717, 1.165) is 16.3 Å². The molecule has 0 aliphatic carbocycles. The molecule has 0 radical (unpaired) electrons. The quantitative estimate of drug-likeness (QED) is 0.422. The minimum Gasteiger partial charge on any atom is -0.348 e. The number of para-hydroxylation sites is 1. The number of sulfonamides is 1. The number of hydrogen-bond donors (Lipinski definition) is 2. The topological polar surface area (TPSA) is 75.3 Å². The standard InChI is InChI=1S/C24H19ClN2O3S/c25-22-13-12-20(15-23(22)31(29,30)27-21-8-2-1-3-9-21)24(28)26-16-17-10-11-18-6-4-5-7-19(18)14-17/h1-15,27H,16H2,(H,26,28). The van der Waals surface area contributed by atoms with Crippen LogP contribution in [0.5, 0.6) is 0 Å². The average molecular weight is 451 g/mol. The molecule has 4 aromatic carbocycles. The van der Waals surface area contributed by atoms with Crippen molar-refractivity contribution in [3.05, 3.63) is 107 Å². The Bertz CT molecular complexity index is 1360. The van der Waals surface area contributed by atoms with E-state index in [1.807, 2.05) is 42.5 Å². The van der Waals surface area contributed by atoms with Gasteiger partial charge in [-0.3, -0.25) is 9.52 Å². The molecule has 0 aliphatic rings. The Kier molecular flexibility index (Phi) is 5.93. The van der Waals surface area contributed by atoms with E-state index in [1.165, 1.54) is 18.2 Å². The first-order valence-corrected chi connectivity index (χ1v) is 11.4. The van der Waals surface area contributed by atoms with Gasteiger partial charge in [0.15, 0.2) is 0 Å². The average Bonchev–Trinajstić information content (AvgIpc) is 2.78. The van der Waals surface area contributed by atoms with Crippen LogP contribution in [0, 0.1) is 0 Å². The number of anilines is 1. The second-order valence-corrected chi connectivity index (χ2v) is 9.04. The Balaban J connectivity index is 1.52. The zero-order chi connectivity index (χ0) is 21.8. The molecular formula is C24H19ClN2O3S. The van der Waals surface area contributed by atoms with Crippen molar-refractivity contribution in [3.63, 3.8) is 0 Å². The van der Waals surface area contributed by atoms with Gasteiger partial charge in [-0.15, -0.1) is 0 Å². The van der Waals surface area contributed by atoms with Crippen molar-refractivity contribution in [2.75, 3.05) is 4.72 Å². The number of benzene rings is 4. The van der Waals surface area contributed by atoms with E-state index in [1.54, 1.807) is 30.3 Å². The Morgan fingerprint density at radius 1 is 0.806 bits per heavy atom. The van der Waals surface area contributed by atoms with Gasteiger partial charge in [0.2, 0.25) is 0 Å². The molecule has 4 aromatic rings. The van der Waals surface area contributed by atoms with Gasteiger partial charge in [0.25, 0.3) is 15.9 Å². The molecule has 1 amide bonds. The SMILES string of the molecule is O=C(NCc1ccc2ccccc2c1)c1ccc(Cl)c(S(=O)(=O)Nc2ccccc2)c1. The van der Waals surface area contributed by atoms with Crippen LogP contribution in [0.1, 0.15) is 15.9 Å². The van der Waals surface area contributed by atoms with Gasteiger partial charge in [0, 0.05) is 17.8 Å². The van der Waals surface area contributed by atoms with Crippen LogP contribution in [0.2, 0.25) is 5.02 Å². The molecule has 31 heavy (non-hydrogen) atoms. The summed E-state index contributed by atoms with van der Waals surface area (Å²) in [5.41, 5.74) is 1.56. The zero-order valence-electron chi connectivity index (χ0n) is 16.4. The van der Waals surface area contributed by atoms with Crippen LogP contribution in [0.4, 0.5) is 5.69 Å². The summed E-state index contributed by atoms with van der Waals surface area (Å²) in [6.07, 6.45) is 0. The van der Waals surface area contributed by atoms with E-state index >= 15 is 0 Å². The predicted octanol–water partition coefficient (Wildman–Crippen LogP) is 5.22. The molecule has 2 N–H and O–H groups in total. The van der Waals surface area contributed by atoms with Gasteiger partial charge in [-0.05, 0) is 52.7 Å². The van der Waals surface area contributed by atoms with Crippen LogP contribution in [0.15, 0.2) is 95.9 Å². The fraction of sp³-hybridized carbons (Fsp3) is 0.0417. The second kappa shape index (κ2) is 8.79. The number of carbonyl (C=O) groups is 1. The highest BCUT2D eigenvalue weighted by molar-refractivity contribution is 7.92. The maximum atomic E-state index is 12.8. The number of nitrogens with one attached hydrogen (secondary N) is 2.